The van der Waals surface area contributed by atoms with Gasteiger partial charge >= 0.3 is 5.69 Å². The predicted octanol–water partition coefficient (Wildman–Crippen LogP) is 0.977. The van der Waals surface area contributed by atoms with Gasteiger partial charge < -0.3 is 4.57 Å². The van der Waals surface area contributed by atoms with Crippen LogP contribution in [0.1, 0.15) is 12.0 Å². The lowest BCUT2D eigenvalue weighted by Crippen LogP contribution is -2.31. The van der Waals surface area contributed by atoms with Crippen molar-refractivity contribution in [2.45, 2.75) is 19.9 Å². The number of aryl methyl sites for hydroxylation is 2. The molecule has 0 spiro atoms. The van der Waals surface area contributed by atoms with Gasteiger partial charge in [-0.25, -0.2) is 4.79 Å². The van der Waals surface area contributed by atoms with E-state index in [2.05, 4.69) is 17.1 Å². The highest BCUT2D eigenvalue weighted by molar-refractivity contribution is 5.17. The molecule has 1 aliphatic rings. The van der Waals surface area contributed by atoms with Crippen LogP contribution in [0.5, 0.6) is 0 Å². The molecule has 0 amide bonds. The number of hydrogen-bond donors (Lipinski definition) is 1. The number of nitrogens with zero attached hydrogens (tertiary/aromatic N) is 1. The first-order chi connectivity index (χ1) is 7.66. The summed E-state index contributed by atoms with van der Waals surface area (Å²) in [5, 5.41) is 0. The third-order valence-electron chi connectivity index (χ3n) is 2.72. The molecule has 0 saturated carbocycles. The normalized spacial score (nSPS) is 14.8. The molecule has 1 aromatic rings. The summed E-state index contributed by atoms with van der Waals surface area (Å²) in [6, 6.07) is 0. The molecule has 0 aliphatic heterocycles. The molecule has 0 radical (unpaired) electrons. The van der Waals surface area contributed by atoms with E-state index in [-0.39, 0.29) is 11.2 Å². The summed E-state index contributed by atoms with van der Waals surface area (Å²) in [6.07, 6.45) is 10.7. The van der Waals surface area contributed by atoms with Gasteiger partial charge in [-0.1, -0.05) is 24.3 Å². The summed E-state index contributed by atoms with van der Waals surface area (Å²) in [6.45, 7) is 2.32. The highest BCUT2D eigenvalue weighted by Crippen LogP contribution is 2.13. The molecule has 1 aromatic heterocycles. The van der Waals surface area contributed by atoms with Crippen molar-refractivity contribution in [2.24, 2.45) is 5.92 Å². The van der Waals surface area contributed by atoms with E-state index in [4.69, 9.17) is 0 Å². The summed E-state index contributed by atoms with van der Waals surface area (Å²) >= 11 is 0. The third-order valence-corrected chi connectivity index (χ3v) is 2.72. The van der Waals surface area contributed by atoms with E-state index >= 15 is 0 Å². The Kier molecular flexibility index (Phi) is 2.90. The molecule has 16 heavy (non-hydrogen) atoms. The molecule has 0 unspecified atom stereocenters. The number of rotatable bonds is 3. The Balaban J connectivity index is 2.12. The van der Waals surface area contributed by atoms with Crippen molar-refractivity contribution in [1.82, 2.24) is 9.55 Å². The van der Waals surface area contributed by atoms with Crippen LogP contribution in [0.4, 0.5) is 0 Å². The van der Waals surface area contributed by atoms with Gasteiger partial charge in [-0.2, -0.15) is 0 Å². The second-order valence-corrected chi connectivity index (χ2v) is 3.99. The first-order valence-electron chi connectivity index (χ1n) is 5.32. The van der Waals surface area contributed by atoms with E-state index in [1.54, 1.807) is 17.7 Å². The minimum Gasteiger partial charge on any atom is -0.300 e. The summed E-state index contributed by atoms with van der Waals surface area (Å²) in [4.78, 5) is 24.9. The van der Waals surface area contributed by atoms with E-state index in [9.17, 15) is 9.59 Å². The van der Waals surface area contributed by atoms with E-state index in [1.807, 2.05) is 12.2 Å². The van der Waals surface area contributed by atoms with Gasteiger partial charge in [-0.05, 0) is 19.3 Å². The summed E-state index contributed by atoms with van der Waals surface area (Å²) in [5.74, 6) is 0.402. The van der Waals surface area contributed by atoms with Crippen molar-refractivity contribution >= 4 is 0 Å². The van der Waals surface area contributed by atoms with Crippen LogP contribution < -0.4 is 11.2 Å². The third kappa shape index (κ3) is 2.21. The smallest absolute Gasteiger partial charge is 0.300 e. The van der Waals surface area contributed by atoms with E-state index < -0.39 is 0 Å². The molecular weight excluding hydrogens is 204 g/mol. The minimum atomic E-state index is -0.332. The zero-order valence-electron chi connectivity index (χ0n) is 9.14. The van der Waals surface area contributed by atoms with Crippen molar-refractivity contribution in [3.63, 3.8) is 0 Å². The standard InChI is InChI=1S/C12H14N2O2/c1-9-8-14(12(16)13-11(9)15)7-6-10-4-2-3-5-10/h2-5,8,10H,6-7H2,1H3,(H,13,15,16). The van der Waals surface area contributed by atoms with Crippen molar-refractivity contribution < 1.29 is 0 Å². The molecule has 4 heteroatoms. The van der Waals surface area contributed by atoms with Crippen molar-refractivity contribution in [3.8, 4) is 0 Å². The maximum Gasteiger partial charge on any atom is 0.328 e. The molecule has 1 aliphatic carbocycles. The Bertz CT molecular complexity index is 537. The van der Waals surface area contributed by atoms with Crippen LogP contribution in [0.15, 0.2) is 40.1 Å². The van der Waals surface area contributed by atoms with Crippen LogP contribution in [0.2, 0.25) is 0 Å². The predicted molar refractivity (Wildman–Crippen MR) is 62.4 cm³/mol. The fourth-order valence-electron chi connectivity index (χ4n) is 1.74. The van der Waals surface area contributed by atoms with Crippen LogP contribution in [-0.4, -0.2) is 9.55 Å². The van der Waals surface area contributed by atoms with Gasteiger partial charge in [0.15, 0.2) is 0 Å². The second kappa shape index (κ2) is 4.35. The number of nitrogens with one attached hydrogen (secondary N) is 1. The minimum absolute atomic E-state index is 0.304. The molecular formula is C12H14N2O2. The second-order valence-electron chi connectivity index (χ2n) is 3.99. The number of allylic oxidation sites excluding steroid dienone is 4. The summed E-state index contributed by atoms with van der Waals surface area (Å²) < 4.78 is 1.55. The lowest BCUT2D eigenvalue weighted by molar-refractivity contribution is 0.562. The largest absolute Gasteiger partial charge is 0.328 e. The van der Waals surface area contributed by atoms with Crippen LogP contribution >= 0.6 is 0 Å². The van der Waals surface area contributed by atoms with E-state index in [1.165, 1.54) is 0 Å². The van der Waals surface area contributed by atoms with Gasteiger partial charge in [0.1, 0.15) is 0 Å². The highest BCUT2D eigenvalue weighted by atomic mass is 16.2. The topological polar surface area (TPSA) is 54.9 Å². The Morgan fingerprint density at radius 3 is 2.69 bits per heavy atom. The lowest BCUT2D eigenvalue weighted by Gasteiger charge is -2.08. The van der Waals surface area contributed by atoms with Crippen LogP contribution in [0.3, 0.4) is 0 Å². The van der Waals surface area contributed by atoms with Gasteiger partial charge in [0.2, 0.25) is 0 Å². The molecule has 0 saturated heterocycles. The number of aromatic nitrogens is 2. The van der Waals surface area contributed by atoms with Crippen molar-refractivity contribution in [1.29, 1.82) is 0 Å². The highest BCUT2D eigenvalue weighted by Gasteiger charge is 2.05. The van der Waals surface area contributed by atoms with Crippen LogP contribution in [0.25, 0.3) is 0 Å². The molecule has 0 aromatic carbocycles. The average molecular weight is 218 g/mol. The molecule has 84 valence electrons. The van der Waals surface area contributed by atoms with Gasteiger partial charge in [0.05, 0.1) is 0 Å². The Morgan fingerprint density at radius 2 is 2.00 bits per heavy atom. The van der Waals surface area contributed by atoms with E-state index in [0.717, 1.165) is 6.42 Å². The number of aromatic amines is 1. The number of H-pyrrole nitrogens is 1. The molecule has 0 atom stereocenters. The van der Waals surface area contributed by atoms with Crippen LogP contribution in [-0.2, 0) is 6.54 Å². The van der Waals surface area contributed by atoms with Crippen LogP contribution in [0, 0.1) is 12.8 Å². The Morgan fingerprint density at radius 1 is 1.31 bits per heavy atom. The average Bonchev–Trinajstić information content (AvgIpc) is 2.74. The quantitative estimate of drug-likeness (QED) is 0.822. The first kappa shape index (κ1) is 10.7. The van der Waals surface area contributed by atoms with Gasteiger partial charge in [0, 0.05) is 18.3 Å². The molecule has 1 heterocycles. The monoisotopic (exact) mass is 218 g/mol. The maximum atomic E-state index is 11.5. The SMILES string of the molecule is Cc1cn(CCC2C=CC=C2)c(=O)[nH]c1=O. The molecule has 2 rings (SSSR count). The fourth-order valence-corrected chi connectivity index (χ4v) is 1.74. The van der Waals surface area contributed by atoms with Crippen molar-refractivity contribution in [2.75, 3.05) is 0 Å². The zero-order chi connectivity index (χ0) is 11.5. The van der Waals surface area contributed by atoms with Gasteiger partial charge in [-0.15, -0.1) is 0 Å². The lowest BCUT2D eigenvalue weighted by atomic mass is 10.1. The Hall–Kier alpha value is -1.84. The molecule has 4 nitrogen and oxygen atoms in total. The summed E-state index contributed by atoms with van der Waals surface area (Å²) in [7, 11) is 0. The van der Waals surface area contributed by atoms with Crippen molar-refractivity contribution in [3.05, 3.63) is 56.9 Å². The van der Waals surface area contributed by atoms with E-state index in [0.29, 0.717) is 18.0 Å². The van der Waals surface area contributed by atoms with Gasteiger partial charge in [0.25, 0.3) is 5.56 Å². The molecule has 1 N–H and O–H groups in total. The fraction of sp³-hybridized carbons (Fsp3) is 0.333. The summed E-state index contributed by atoms with van der Waals surface area (Å²) in [5.41, 5.74) is -0.0689. The Labute approximate surface area is 92.9 Å². The zero-order valence-corrected chi connectivity index (χ0v) is 9.14. The number of hydrogen-bond acceptors (Lipinski definition) is 2. The molecule has 0 bridgehead atoms. The molecule has 0 fully saturated rings. The first-order valence-corrected chi connectivity index (χ1v) is 5.32. The van der Waals surface area contributed by atoms with Gasteiger partial charge in [-0.3, -0.25) is 9.78 Å². The maximum absolute atomic E-state index is 11.5.